The quantitative estimate of drug-likeness (QED) is 0.760. The lowest BCUT2D eigenvalue weighted by atomic mass is 9.97. The smallest absolute Gasteiger partial charge is 0.410 e. The van der Waals surface area contributed by atoms with Crippen molar-refractivity contribution in [3.05, 3.63) is 35.4 Å². The van der Waals surface area contributed by atoms with Crippen molar-refractivity contribution in [2.45, 2.75) is 51.4 Å². The van der Waals surface area contributed by atoms with Crippen LogP contribution < -0.4 is 0 Å². The third-order valence-electron chi connectivity index (χ3n) is 4.96. The van der Waals surface area contributed by atoms with Crippen molar-refractivity contribution in [1.82, 2.24) is 9.80 Å². The van der Waals surface area contributed by atoms with Gasteiger partial charge >= 0.3 is 12.3 Å². The molecule has 2 aliphatic heterocycles. The highest BCUT2D eigenvalue weighted by Crippen LogP contribution is 2.32. The molecular formula is C20H25F3N2O3. The molecule has 2 heterocycles. The summed E-state index contributed by atoms with van der Waals surface area (Å²) in [7, 11) is 0. The Kier molecular flexibility index (Phi) is 5.34. The molecule has 0 aliphatic carbocycles. The fraction of sp³-hybridized carbons (Fsp3) is 0.600. The molecule has 2 bridgehead atoms. The van der Waals surface area contributed by atoms with Gasteiger partial charge in [0.05, 0.1) is 12.5 Å². The summed E-state index contributed by atoms with van der Waals surface area (Å²) in [5.41, 5.74) is -0.563. The van der Waals surface area contributed by atoms with Crippen LogP contribution in [0.3, 0.4) is 0 Å². The predicted octanol–water partition coefficient (Wildman–Crippen LogP) is 3.87. The van der Waals surface area contributed by atoms with Gasteiger partial charge in [0, 0.05) is 25.2 Å². The molecule has 2 saturated heterocycles. The summed E-state index contributed by atoms with van der Waals surface area (Å²) in [5, 5.41) is 0. The molecule has 0 aromatic heterocycles. The Labute approximate surface area is 162 Å². The highest BCUT2D eigenvalue weighted by Gasteiger charge is 2.44. The fourth-order valence-electron chi connectivity index (χ4n) is 3.94. The molecule has 8 heteroatoms. The minimum atomic E-state index is -4.38. The number of amides is 2. The number of alkyl halides is 3. The molecule has 28 heavy (non-hydrogen) atoms. The SMILES string of the molecule is CC(C)(C)OC(=O)N1CC2CC1CN(C(=O)c1ccccc1CC(F)(F)F)C2. The number of benzene rings is 1. The Bertz CT molecular complexity index is 758. The van der Waals surface area contributed by atoms with Crippen molar-refractivity contribution in [1.29, 1.82) is 0 Å². The van der Waals surface area contributed by atoms with E-state index in [-0.39, 0.29) is 23.1 Å². The zero-order chi connectivity index (χ0) is 20.7. The van der Waals surface area contributed by atoms with E-state index in [0.717, 1.165) is 6.42 Å². The molecule has 0 radical (unpaired) electrons. The van der Waals surface area contributed by atoms with E-state index in [1.807, 2.05) is 0 Å². The molecule has 2 atom stereocenters. The van der Waals surface area contributed by atoms with Crippen molar-refractivity contribution in [3.63, 3.8) is 0 Å². The third-order valence-corrected chi connectivity index (χ3v) is 4.96. The Morgan fingerprint density at radius 3 is 2.43 bits per heavy atom. The van der Waals surface area contributed by atoms with Gasteiger partial charge in [0.2, 0.25) is 0 Å². The monoisotopic (exact) mass is 398 g/mol. The first-order valence-corrected chi connectivity index (χ1v) is 9.36. The zero-order valence-corrected chi connectivity index (χ0v) is 16.3. The van der Waals surface area contributed by atoms with Crippen LogP contribution in [0.25, 0.3) is 0 Å². The zero-order valence-electron chi connectivity index (χ0n) is 16.3. The lowest BCUT2D eigenvalue weighted by Gasteiger charge is -2.33. The normalized spacial score (nSPS) is 22.4. The number of hydrogen-bond acceptors (Lipinski definition) is 3. The van der Waals surface area contributed by atoms with Gasteiger partial charge in [-0.25, -0.2) is 4.79 Å². The van der Waals surface area contributed by atoms with Crippen molar-refractivity contribution in [3.8, 4) is 0 Å². The third kappa shape index (κ3) is 4.77. The summed E-state index contributed by atoms with van der Waals surface area (Å²) in [4.78, 5) is 28.6. The Hall–Kier alpha value is -2.25. The number of halogens is 3. The summed E-state index contributed by atoms with van der Waals surface area (Å²) in [6.45, 7) is 6.60. The predicted molar refractivity (Wildman–Crippen MR) is 96.9 cm³/mol. The first kappa shape index (κ1) is 20.5. The van der Waals surface area contributed by atoms with Gasteiger partial charge in [-0.15, -0.1) is 0 Å². The number of carbonyl (C=O) groups excluding carboxylic acids is 2. The summed E-state index contributed by atoms with van der Waals surface area (Å²) >= 11 is 0. The number of hydrogen-bond donors (Lipinski definition) is 0. The number of carbonyl (C=O) groups is 2. The maximum absolute atomic E-state index is 13.0. The average Bonchev–Trinajstić information content (AvgIpc) is 2.86. The van der Waals surface area contributed by atoms with Crippen LogP contribution in [-0.4, -0.2) is 59.3 Å². The van der Waals surface area contributed by atoms with Gasteiger partial charge in [-0.05, 0) is 44.7 Å². The van der Waals surface area contributed by atoms with E-state index in [9.17, 15) is 22.8 Å². The van der Waals surface area contributed by atoms with Crippen molar-refractivity contribution in [2.75, 3.05) is 19.6 Å². The maximum atomic E-state index is 13.0. The topological polar surface area (TPSA) is 49.9 Å². The van der Waals surface area contributed by atoms with Gasteiger partial charge in [-0.3, -0.25) is 4.79 Å². The minimum absolute atomic E-state index is 0.0260. The Morgan fingerprint density at radius 2 is 1.79 bits per heavy atom. The van der Waals surface area contributed by atoms with Gasteiger partial charge in [0.15, 0.2) is 0 Å². The molecule has 3 rings (SSSR count). The van der Waals surface area contributed by atoms with Crippen molar-refractivity contribution >= 4 is 12.0 Å². The Balaban J connectivity index is 1.74. The van der Waals surface area contributed by atoms with E-state index in [1.54, 1.807) is 36.6 Å². The van der Waals surface area contributed by atoms with E-state index in [2.05, 4.69) is 0 Å². The van der Waals surface area contributed by atoms with Crippen LogP contribution in [0.1, 0.15) is 43.1 Å². The van der Waals surface area contributed by atoms with Crippen LogP contribution in [0.15, 0.2) is 24.3 Å². The molecule has 1 aromatic carbocycles. The van der Waals surface area contributed by atoms with Gasteiger partial charge in [-0.2, -0.15) is 13.2 Å². The molecule has 2 aliphatic rings. The lowest BCUT2D eigenvalue weighted by Crippen LogP contribution is -2.47. The largest absolute Gasteiger partial charge is 0.444 e. The van der Waals surface area contributed by atoms with Crippen LogP contribution in [0, 0.1) is 5.92 Å². The second-order valence-electron chi connectivity index (χ2n) is 8.55. The molecule has 154 valence electrons. The number of piperidine rings is 1. The van der Waals surface area contributed by atoms with Crippen LogP contribution >= 0.6 is 0 Å². The molecular weight excluding hydrogens is 373 g/mol. The highest BCUT2D eigenvalue weighted by molar-refractivity contribution is 5.96. The molecule has 5 nitrogen and oxygen atoms in total. The van der Waals surface area contributed by atoms with Gasteiger partial charge in [-0.1, -0.05) is 18.2 Å². The molecule has 0 saturated carbocycles. The fourth-order valence-corrected chi connectivity index (χ4v) is 3.94. The van der Waals surface area contributed by atoms with Crippen LogP contribution in [0.4, 0.5) is 18.0 Å². The summed E-state index contributed by atoms with van der Waals surface area (Å²) in [6, 6.07) is 5.67. The van der Waals surface area contributed by atoms with E-state index >= 15 is 0 Å². The van der Waals surface area contributed by atoms with Gasteiger partial charge in [0.1, 0.15) is 5.60 Å². The maximum Gasteiger partial charge on any atom is 0.410 e. The van der Waals surface area contributed by atoms with E-state index < -0.39 is 30.2 Å². The number of rotatable bonds is 2. The van der Waals surface area contributed by atoms with E-state index in [1.165, 1.54) is 18.2 Å². The van der Waals surface area contributed by atoms with E-state index in [4.69, 9.17) is 4.74 Å². The van der Waals surface area contributed by atoms with Crippen LogP contribution in [-0.2, 0) is 11.2 Å². The molecule has 0 spiro atoms. The summed E-state index contributed by atoms with van der Waals surface area (Å²) in [5.74, 6) is -0.314. The van der Waals surface area contributed by atoms with Crippen LogP contribution in [0.5, 0.6) is 0 Å². The lowest BCUT2D eigenvalue weighted by molar-refractivity contribution is -0.127. The number of fused-ring (bicyclic) bond motifs is 2. The van der Waals surface area contributed by atoms with Crippen LogP contribution in [0.2, 0.25) is 0 Å². The first-order valence-electron chi connectivity index (χ1n) is 9.36. The second-order valence-corrected chi connectivity index (χ2v) is 8.55. The summed E-state index contributed by atoms with van der Waals surface area (Å²) < 4.78 is 44.0. The standard InChI is InChI=1S/C20H25F3N2O3/c1-19(2,3)28-18(27)25-11-13-8-15(25)12-24(10-13)17(26)16-7-5-4-6-14(16)9-20(21,22)23/h4-7,13,15H,8-12H2,1-3H3. The van der Waals surface area contributed by atoms with Crippen molar-refractivity contribution in [2.24, 2.45) is 5.92 Å². The minimum Gasteiger partial charge on any atom is -0.444 e. The second kappa shape index (κ2) is 7.29. The average molecular weight is 398 g/mol. The van der Waals surface area contributed by atoms with E-state index in [0.29, 0.717) is 19.6 Å². The van der Waals surface area contributed by atoms with Gasteiger partial charge < -0.3 is 14.5 Å². The van der Waals surface area contributed by atoms with Crippen molar-refractivity contribution < 1.29 is 27.5 Å². The van der Waals surface area contributed by atoms with Gasteiger partial charge in [0.25, 0.3) is 5.91 Å². The Morgan fingerprint density at radius 1 is 1.11 bits per heavy atom. The molecule has 2 amide bonds. The highest BCUT2D eigenvalue weighted by atomic mass is 19.4. The molecule has 1 aromatic rings. The summed E-state index contributed by atoms with van der Waals surface area (Å²) in [6.07, 6.45) is -5.16. The first-order chi connectivity index (χ1) is 12.9. The molecule has 2 fully saturated rings. The molecule has 0 N–H and O–H groups in total. The number of nitrogens with zero attached hydrogens (tertiary/aromatic N) is 2. The molecule has 2 unspecified atom stereocenters. The number of ether oxygens (including phenoxy) is 1. The number of likely N-dealkylation sites (tertiary alicyclic amines) is 2.